The number of aromatic nitrogens is 2. The van der Waals surface area contributed by atoms with Gasteiger partial charge in [0.15, 0.2) is 0 Å². The lowest BCUT2D eigenvalue weighted by Gasteiger charge is -2.37. The molecule has 3 saturated heterocycles. The summed E-state index contributed by atoms with van der Waals surface area (Å²) in [7, 11) is 1.93. The molecule has 3 amide bonds. The topological polar surface area (TPSA) is 90.8 Å². The summed E-state index contributed by atoms with van der Waals surface area (Å²) in [6.07, 6.45) is 5.85. The van der Waals surface area contributed by atoms with E-state index in [9.17, 15) is 14.4 Å². The number of aryl methyl sites for hydroxylation is 1. The van der Waals surface area contributed by atoms with Crippen LogP contribution in [0.2, 0.25) is 0 Å². The predicted molar refractivity (Wildman–Crippen MR) is 147 cm³/mol. The first-order valence-corrected chi connectivity index (χ1v) is 14.2. The molecule has 3 aromatic rings. The van der Waals surface area contributed by atoms with Crippen molar-refractivity contribution in [1.29, 1.82) is 0 Å². The van der Waals surface area contributed by atoms with Crippen LogP contribution in [-0.4, -0.2) is 75.8 Å². The number of imidazole rings is 1. The molecular weight excluding hydrogens is 492 g/mol. The Morgan fingerprint density at radius 3 is 2.77 bits per heavy atom. The Hall–Kier alpha value is -3.72. The van der Waals surface area contributed by atoms with Crippen molar-refractivity contribution in [2.24, 2.45) is 13.0 Å². The number of carbonyl (C=O) groups is 3. The van der Waals surface area contributed by atoms with Crippen LogP contribution in [0.3, 0.4) is 0 Å². The van der Waals surface area contributed by atoms with Crippen LogP contribution in [0, 0.1) is 5.92 Å². The molecular formula is C30H34N6O3. The van der Waals surface area contributed by atoms with Crippen LogP contribution in [0.1, 0.15) is 48.0 Å². The van der Waals surface area contributed by atoms with Crippen LogP contribution >= 0.6 is 0 Å². The number of para-hydroxylation sites is 1. The molecule has 1 spiro atoms. The number of rotatable bonds is 1. The molecule has 2 bridgehead atoms. The Kier molecular flexibility index (Phi) is 5.73. The first-order valence-electron chi connectivity index (χ1n) is 14.2. The van der Waals surface area contributed by atoms with Gasteiger partial charge in [-0.3, -0.25) is 19.3 Å². The van der Waals surface area contributed by atoms with Crippen LogP contribution in [0.4, 0.5) is 5.69 Å². The van der Waals surface area contributed by atoms with Gasteiger partial charge in [-0.15, -0.1) is 0 Å². The fraction of sp³-hybridized carbons (Fsp3) is 0.467. The molecule has 9 heteroatoms. The van der Waals surface area contributed by atoms with E-state index in [0.29, 0.717) is 51.0 Å². The average molecular weight is 527 g/mol. The van der Waals surface area contributed by atoms with Gasteiger partial charge in [-0.2, -0.15) is 0 Å². The van der Waals surface area contributed by atoms with Crippen LogP contribution in [-0.2, 0) is 22.2 Å². The molecule has 4 aliphatic heterocycles. The van der Waals surface area contributed by atoms with Crippen molar-refractivity contribution in [3.8, 4) is 0 Å². The zero-order chi connectivity index (χ0) is 26.7. The number of nitrogens with zero attached hydrogens (tertiary/aromatic N) is 5. The van der Waals surface area contributed by atoms with E-state index in [2.05, 4.69) is 15.2 Å². The van der Waals surface area contributed by atoms with E-state index in [-0.39, 0.29) is 23.8 Å². The second-order valence-corrected chi connectivity index (χ2v) is 11.4. The van der Waals surface area contributed by atoms with E-state index < -0.39 is 11.5 Å². The van der Waals surface area contributed by atoms with Gasteiger partial charge >= 0.3 is 0 Å². The third kappa shape index (κ3) is 3.55. The number of fused-ring (bicyclic) bond motifs is 5. The van der Waals surface area contributed by atoms with Crippen LogP contribution < -0.4 is 10.2 Å². The quantitative estimate of drug-likeness (QED) is 0.527. The van der Waals surface area contributed by atoms with Crippen molar-refractivity contribution >= 4 is 34.4 Å². The molecule has 3 fully saturated rings. The molecule has 9 nitrogen and oxygen atoms in total. The zero-order valence-electron chi connectivity index (χ0n) is 22.3. The van der Waals surface area contributed by atoms with Crippen molar-refractivity contribution in [1.82, 2.24) is 24.7 Å². The molecule has 2 aromatic carbocycles. The van der Waals surface area contributed by atoms with Crippen molar-refractivity contribution in [2.75, 3.05) is 37.6 Å². The highest BCUT2D eigenvalue weighted by Crippen LogP contribution is 2.57. The van der Waals surface area contributed by atoms with Gasteiger partial charge < -0.3 is 19.7 Å². The minimum absolute atomic E-state index is 0.0194. The predicted octanol–water partition coefficient (Wildman–Crippen LogP) is 2.65. The van der Waals surface area contributed by atoms with Crippen LogP contribution in [0.5, 0.6) is 0 Å². The molecule has 1 aromatic heterocycles. The van der Waals surface area contributed by atoms with Crippen molar-refractivity contribution in [2.45, 2.75) is 43.7 Å². The van der Waals surface area contributed by atoms with Gasteiger partial charge in [0.1, 0.15) is 5.54 Å². The van der Waals surface area contributed by atoms with Crippen molar-refractivity contribution < 1.29 is 14.4 Å². The summed E-state index contributed by atoms with van der Waals surface area (Å²) < 4.78 is 1.93. The Bertz CT molecular complexity index is 1480. The highest BCUT2D eigenvalue weighted by Gasteiger charge is 2.67. The SMILES string of the molecule is Cn1cnc2cc(C(=O)N3CCCNC(=O)[C@H]4C[C@@H]5CCCN5[C@@]45C(=O)N(CCC3)c3ccccc35)ccc21. The van der Waals surface area contributed by atoms with E-state index in [4.69, 9.17) is 0 Å². The Morgan fingerprint density at radius 1 is 1.03 bits per heavy atom. The van der Waals surface area contributed by atoms with E-state index in [1.165, 1.54) is 0 Å². The Labute approximate surface area is 227 Å². The second-order valence-electron chi connectivity index (χ2n) is 11.4. The number of benzene rings is 2. The molecule has 0 saturated carbocycles. The molecule has 0 radical (unpaired) electrons. The summed E-state index contributed by atoms with van der Waals surface area (Å²) in [4.78, 5) is 52.3. The third-order valence-electron chi connectivity index (χ3n) is 9.31. The Balaban J connectivity index is 1.21. The molecule has 3 atom stereocenters. The highest BCUT2D eigenvalue weighted by molar-refractivity contribution is 6.11. The maximum absolute atomic E-state index is 14.4. The summed E-state index contributed by atoms with van der Waals surface area (Å²) in [6, 6.07) is 13.9. The largest absolute Gasteiger partial charge is 0.356 e. The first-order chi connectivity index (χ1) is 19.0. The summed E-state index contributed by atoms with van der Waals surface area (Å²) in [5.74, 6) is -0.492. The van der Waals surface area contributed by atoms with E-state index >= 15 is 0 Å². The standard InChI is InChI=1S/C30H34N6O3/c1-33-19-32-24-17-20(10-11-26(24)33)28(38)34-13-5-12-31-27(37)23-18-21-7-4-16-36(21)30(23)22-8-2-3-9-25(22)35(29(30)39)15-6-14-34/h2-3,8-11,17,19,21,23H,4-7,12-16,18H2,1H3,(H,31,37)/t21-,23+,30+/m0/s1. The summed E-state index contributed by atoms with van der Waals surface area (Å²) in [6.45, 7) is 2.88. The fourth-order valence-electron chi connectivity index (χ4n) is 7.57. The van der Waals surface area contributed by atoms with E-state index in [1.54, 1.807) is 6.33 Å². The van der Waals surface area contributed by atoms with Gasteiger partial charge in [-0.1, -0.05) is 18.2 Å². The number of hydrogen-bond acceptors (Lipinski definition) is 5. The molecule has 4 aliphatic rings. The zero-order valence-corrected chi connectivity index (χ0v) is 22.3. The maximum Gasteiger partial charge on any atom is 0.253 e. The Morgan fingerprint density at radius 2 is 1.87 bits per heavy atom. The summed E-state index contributed by atoms with van der Waals surface area (Å²) in [5.41, 5.74) is 3.31. The number of amides is 3. The van der Waals surface area contributed by atoms with Crippen LogP contribution in [0.15, 0.2) is 48.8 Å². The van der Waals surface area contributed by atoms with E-state index in [1.807, 2.05) is 63.9 Å². The van der Waals surface area contributed by atoms with Gasteiger partial charge in [0.25, 0.3) is 11.8 Å². The van der Waals surface area contributed by atoms with Crippen molar-refractivity contribution in [3.63, 3.8) is 0 Å². The van der Waals surface area contributed by atoms with E-state index in [0.717, 1.165) is 41.7 Å². The minimum Gasteiger partial charge on any atom is -0.356 e. The molecule has 202 valence electrons. The van der Waals surface area contributed by atoms with Gasteiger partial charge in [-0.25, -0.2) is 4.98 Å². The van der Waals surface area contributed by atoms with Crippen LogP contribution in [0.25, 0.3) is 11.0 Å². The lowest BCUT2D eigenvalue weighted by molar-refractivity contribution is -0.138. The molecule has 7 rings (SSSR count). The molecule has 0 aliphatic carbocycles. The molecule has 0 unspecified atom stereocenters. The maximum atomic E-state index is 14.4. The lowest BCUT2D eigenvalue weighted by atomic mass is 9.78. The fourth-order valence-corrected chi connectivity index (χ4v) is 7.57. The van der Waals surface area contributed by atoms with Crippen molar-refractivity contribution in [3.05, 3.63) is 59.9 Å². The number of hydrogen-bond donors (Lipinski definition) is 1. The highest BCUT2D eigenvalue weighted by atomic mass is 16.2. The smallest absolute Gasteiger partial charge is 0.253 e. The molecule has 1 N–H and O–H groups in total. The summed E-state index contributed by atoms with van der Waals surface area (Å²) >= 11 is 0. The minimum atomic E-state index is -0.927. The average Bonchev–Trinajstić information content (AvgIpc) is 3.69. The number of carbonyl (C=O) groups excluding carboxylic acids is 3. The summed E-state index contributed by atoms with van der Waals surface area (Å²) in [5, 5.41) is 3.15. The van der Waals surface area contributed by atoms with Gasteiger partial charge in [0.05, 0.1) is 23.3 Å². The normalized spacial score (nSPS) is 27.4. The molecule has 5 heterocycles. The first kappa shape index (κ1) is 24.3. The third-order valence-corrected chi connectivity index (χ3v) is 9.31. The lowest BCUT2D eigenvalue weighted by Crippen LogP contribution is -2.56. The van der Waals surface area contributed by atoms with Gasteiger partial charge in [0, 0.05) is 56.1 Å². The van der Waals surface area contributed by atoms with Gasteiger partial charge in [0.2, 0.25) is 5.91 Å². The number of anilines is 1. The monoisotopic (exact) mass is 526 g/mol. The number of nitrogens with one attached hydrogen (secondary N) is 1. The van der Waals surface area contributed by atoms with Gasteiger partial charge in [-0.05, 0) is 62.9 Å². The molecule has 39 heavy (non-hydrogen) atoms. The second kappa shape index (κ2) is 9.19.